The average molecular weight is 258 g/mol. The number of rotatable bonds is 6. The molecule has 0 radical (unpaired) electrons. The van der Waals surface area contributed by atoms with Gasteiger partial charge < -0.3 is 5.11 Å². The molecular formula is C10H14N2O4S. The Morgan fingerprint density at radius 2 is 1.94 bits per heavy atom. The minimum absolute atomic E-state index is 0.0943. The molecule has 0 aliphatic rings. The fraction of sp³-hybridized carbons (Fsp3) is 0.300. The summed E-state index contributed by atoms with van der Waals surface area (Å²) in [4.78, 5) is 10.9. The van der Waals surface area contributed by atoms with E-state index in [-0.39, 0.29) is 6.42 Å². The molecule has 17 heavy (non-hydrogen) atoms. The van der Waals surface area contributed by atoms with E-state index < -0.39 is 22.2 Å². The molecule has 1 atom stereocenters. The van der Waals surface area contributed by atoms with Gasteiger partial charge in [0.05, 0.1) is 0 Å². The topological polar surface area (TPSA) is 95.5 Å². The zero-order valence-electron chi connectivity index (χ0n) is 9.25. The Kier molecular flexibility index (Phi) is 4.62. The summed E-state index contributed by atoms with van der Waals surface area (Å²) in [5, 5.41) is 8.94. The lowest BCUT2D eigenvalue weighted by molar-refractivity contribution is -0.138. The molecule has 1 rings (SSSR count). The van der Waals surface area contributed by atoms with Gasteiger partial charge in [0.1, 0.15) is 6.04 Å². The first-order valence-corrected chi connectivity index (χ1v) is 6.40. The molecule has 0 aliphatic heterocycles. The van der Waals surface area contributed by atoms with E-state index in [1.54, 1.807) is 30.3 Å². The van der Waals surface area contributed by atoms with Crippen LogP contribution >= 0.6 is 0 Å². The minimum atomic E-state index is -3.76. The quantitative estimate of drug-likeness (QED) is 0.655. The third kappa shape index (κ3) is 4.51. The van der Waals surface area contributed by atoms with Crippen molar-refractivity contribution < 1.29 is 18.3 Å². The van der Waals surface area contributed by atoms with Crippen LogP contribution in [0.4, 0.5) is 0 Å². The molecule has 1 aromatic carbocycles. The minimum Gasteiger partial charge on any atom is -0.480 e. The number of carboxylic acid groups (broad SMARTS) is 1. The van der Waals surface area contributed by atoms with Crippen LogP contribution in [0.15, 0.2) is 30.3 Å². The van der Waals surface area contributed by atoms with Gasteiger partial charge in [0.2, 0.25) is 0 Å². The Balaban J connectivity index is 2.78. The fourth-order valence-corrected chi connectivity index (χ4v) is 1.95. The predicted molar refractivity (Wildman–Crippen MR) is 62.7 cm³/mol. The van der Waals surface area contributed by atoms with Crippen molar-refractivity contribution in [2.24, 2.45) is 0 Å². The number of carbonyl (C=O) groups is 1. The molecule has 0 spiro atoms. The van der Waals surface area contributed by atoms with Crippen molar-refractivity contribution in [2.75, 3.05) is 7.05 Å². The Morgan fingerprint density at radius 1 is 1.35 bits per heavy atom. The predicted octanol–water partition coefficient (Wildman–Crippen LogP) is -0.264. The Bertz CT molecular complexity index is 472. The second-order valence-corrected chi connectivity index (χ2v) is 5.06. The van der Waals surface area contributed by atoms with Crippen LogP contribution in [0.2, 0.25) is 0 Å². The smallest absolute Gasteiger partial charge is 0.322 e. The number of nitrogens with one attached hydrogen (secondary N) is 2. The molecule has 0 heterocycles. The van der Waals surface area contributed by atoms with Crippen LogP contribution in [0.25, 0.3) is 0 Å². The van der Waals surface area contributed by atoms with Crippen LogP contribution < -0.4 is 9.44 Å². The Morgan fingerprint density at radius 3 is 2.41 bits per heavy atom. The third-order valence-corrected chi connectivity index (χ3v) is 3.28. The van der Waals surface area contributed by atoms with Gasteiger partial charge in [0.15, 0.2) is 0 Å². The van der Waals surface area contributed by atoms with Gasteiger partial charge in [-0.15, -0.1) is 0 Å². The van der Waals surface area contributed by atoms with Gasteiger partial charge in [-0.2, -0.15) is 13.1 Å². The highest BCUT2D eigenvalue weighted by atomic mass is 32.2. The second kappa shape index (κ2) is 5.76. The highest BCUT2D eigenvalue weighted by Crippen LogP contribution is 2.04. The van der Waals surface area contributed by atoms with Gasteiger partial charge >= 0.3 is 5.97 Å². The summed E-state index contributed by atoms with van der Waals surface area (Å²) in [7, 11) is -2.55. The summed E-state index contributed by atoms with van der Waals surface area (Å²) >= 11 is 0. The van der Waals surface area contributed by atoms with Crippen LogP contribution in [0.1, 0.15) is 5.56 Å². The van der Waals surface area contributed by atoms with Crippen molar-refractivity contribution in [2.45, 2.75) is 12.5 Å². The summed E-state index contributed by atoms with van der Waals surface area (Å²) < 4.78 is 26.5. The molecule has 0 amide bonds. The summed E-state index contributed by atoms with van der Waals surface area (Å²) in [5.74, 6) is -1.22. The lowest BCUT2D eigenvalue weighted by Crippen LogP contribution is -2.46. The van der Waals surface area contributed by atoms with Crippen LogP contribution in [-0.2, 0) is 21.4 Å². The summed E-state index contributed by atoms with van der Waals surface area (Å²) in [5.41, 5.74) is 0.749. The molecule has 7 heteroatoms. The maximum absolute atomic E-state index is 11.2. The molecule has 6 nitrogen and oxygen atoms in total. The lowest BCUT2D eigenvalue weighted by Gasteiger charge is -2.14. The number of aliphatic carboxylic acids is 1. The summed E-state index contributed by atoms with van der Waals surface area (Å²) in [6.45, 7) is 0. The van der Waals surface area contributed by atoms with Gasteiger partial charge in [0, 0.05) is 7.05 Å². The largest absolute Gasteiger partial charge is 0.480 e. The van der Waals surface area contributed by atoms with Gasteiger partial charge in [-0.1, -0.05) is 30.3 Å². The van der Waals surface area contributed by atoms with E-state index in [9.17, 15) is 13.2 Å². The van der Waals surface area contributed by atoms with Crippen molar-refractivity contribution >= 4 is 16.2 Å². The first kappa shape index (κ1) is 13.6. The first-order chi connectivity index (χ1) is 7.94. The van der Waals surface area contributed by atoms with Gasteiger partial charge in [-0.05, 0) is 12.0 Å². The molecule has 0 aliphatic carbocycles. The zero-order chi connectivity index (χ0) is 12.9. The number of hydrogen-bond donors (Lipinski definition) is 3. The van der Waals surface area contributed by atoms with Crippen LogP contribution in [0.3, 0.4) is 0 Å². The van der Waals surface area contributed by atoms with Gasteiger partial charge in [0.25, 0.3) is 10.2 Å². The molecular weight excluding hydrogens is 244 g/mol. The van der Waals surface area contributed by atoms with Crippen molar-refractivity contribution in [3.05, 3.63) is 35.9 Å². The van der Waals surface area contributed by atoms with Crippen LogP contribution in [0, 0.1) is 0 Å². The van der Waals surface area contributed by atoms with Crippen LogP contribution in [0.5, 0.6) is 0 Å². The van der Waals surface area contributed by atoms with Gasteiger partial charge in [-0.3, -0.25) is 4.79 Å². The normalized spacial score (nSPS) is 13.2. The summed E-state index contributed by atoms with van der Waals surface area (Å²) in [6, 6.07) is 7.63. The Hall–Kier alpha value is -1.44. The third-order valence-electron chi connectivity index (χ3n) is 2.15. The van der Waals surface area contributed by atoms with Crippen molar-refractivity contribution in [3.8, 4) is 0 Å². The zero-order valence-corrected chi connectivity index (χ0v) is 10.1. The molecule has 0 saturated heterocycles. The SMILES string of the molecule is CNS(=O)(=O)N[C@H](Cc1ccccc1)C(=O)O. The molecule has 0 saturated carbocycles. The standard InChI is InChI=1S/C10H14N2O4S/c1-11-17(15,16)12-9(10(13)14)7-8-5-3-2-4-6-8/h2-6,9,11-12H,7H2,1H3,(H,13,14)/t9-/m1/s1. The van der Waals surface area contributed by atoms with Crippen molar-refractivity contribution in [3.63, 3.8) is 0 Å². The van der Waals surface area contributed by atoms with Crippen LogP contribution in [-0.4, -0.2) is 32.6 Å². The molecule has 0 unspecified atom stereocenters. The van der Waals surface area contributed by atoms with E-state index in [4.69, 9.17) is 5.11 Å². The highest BCUT2D eigenvalue weighted by molar-refractivity contribution is 7.87. The molecule has 0 fully saturated rings. The maximum atomic E-state index is 11.2. The lowest BCUT2D eigenvalue weighted by atomic mass is 10.1. The number of hydrogen-bond acceptors (Lipinski definition) is 3. The van der Waals surface area contributed by atoms with E-state index in [1.807, 2.05) is 4.72 Å². The van der Waals surface area contributed by atoms with Gasteiger partial charge in [-0.25, -0.2) is 4.72 Å². The maximum Gasteiger partial charge on any atom is 0.322 e. The second-order valence-electron chi connectivity index (χ2n) is 3.41. The molecule has 94 valence electrons. The van der Waals surface area contributed by atoms with E-state index in [2.05, 4.69) is 4.72 Å². The van der Waals surface area contributed by atoms with E-state index >= 15 is 0 Å². The van der Waals surface area contributed by atoms with Crippen molar-refractivity contribution in [1.82, 2.24) is 9.44 Å². The summed E-state index contributed by atoms with van der Waals surface area (Å²) in [6.07, 6.45) is 0.0943. The number of benzene rings is 1. The Labute approximate surface area is 99.8 Å². The first-order valence-electron chi connectivity index (χ1n) is 4.92. The van der Waals surface area contributed by atoms with E-state index in [1.165, 1.54) is 7.05 Å². The molecule has 1 aromatic rings. The highest BCUT2D eigenvalue weighted by Gasteiger charge is 2.23. The van der Waals surface area contributed by atoms with Crippen molar-refractivity contribution in [1.29, 1.82) is 0 Å². The van der Waals surface area contributed by atoms with E-state index in [0.717, 1.165) is 5.56 Å². The number of carboxylic acids is 1. The van der Waals surface area contributed by atoms with E-state index in [0.29, 0.717) is 0 Å². The molecule has 3 N–H and O–H groups in total. The molecule has 0 bridgehead atoms. The molecule has 0 aromatic heterocycles. The average Bonchev–Trinajstić information content (AvgIpc) is 2.29. The fourth-order valence-electron chi connectivity index (χ4n) is 1.28. The monoisotopic (exact) mass is 258 g/mol.